The Bertz CT molecular complexity index is 1740. The van der Waals surface area contributed by atoms with Crippen LogP contribution in [0.5, 0.6) is 17.2 Å². The Morgan fingerprint density at radius 3 is 2.22 bits per heavy atom. The standard InChI is InChI=1S/C34H30FN3O8/c35-29-20-27(45-25-13-5-21(6-14-25)19-32(39)37-30-4-2-1-3-28(30)34(41)42)17-18-31(29)46-26-15-9-23(10-16-26)36-33(40)22-7-11-24(12-8-22)38(43)44/h1-8,11-14,17-18,20,23,26H,9-10,15-16,19H2,(H,36,40)(H,37,39)(H,41,42). The average Bonchev–Trinajstić information content (AvgIpc) is 3.04. The van der Waals surface area contributed by atoms with E-state index in [1.54, 1.807) is 42.5 Å². The van der Waals surface area contributed by atoms with E-state index in [1.165, 1.54) is 48.5 Å². The minimum atomic E-state index is -1.14. The molecule has 0 heterocycles. The van der Waals surface area contributed by atoms with Gasteiger partial charge < -0.3 is 25.2 Å². The van der Waals surface area contributed by atoms with Crippen LogP contribution in [0.15, 0.2) is 91.0 Å². The van der Waals surface area contributed by atoms with E-state index in [0.29, 0.717) is 42.6 Å². The largest absolute Gasteiger partial charge is 0.487 e. The third-order valence-corrected chi connectivity index (χ3v) is 7.50. The quantitative estimate of drug-likeness (QED) is 0.125. The predicted molar refractivity (Wildman–Crippen MR) is 166 cm³/mol. The highest BCUT2D eigenvalue weighted by atomic mass is 19.1. The van der Waals surface area contributed by atoms with Crippen LogP contribution in [0.1, 0.15) is 52.0 Å². The van der Waals surface area contributed by atoms with Crippen molar-refractivity contribution in [3.05, 3.63) is 124 Å². The van der Waals surface area contributed by atoms with Gasteiger partial charge in [0.2, 0.25) is 5.91 Å². The normalized spacial score (nSPS) is 15.8. The molecule has 4 aromatic carbocycles. The molecule has 12 heteroatoms. The molecule has 236 valence electrons. The number of nitro benzene ring substituents is 1. The lowest BCUT2D eigenvalue weighted by molar-refractivity contribution is -0.384. The molecule has 1 aliphatic rings. The molecule has 4 aromatic rings. The number of carbonyl (C=O) groups is 3. The van der Waals surface area contributed by atoms with Gasteiger partial charge in [0.15, 0.2) is 11.6 Å². The van der Waals surface area contributed by atoms with E-state index >= 15 is 0 Å². The van der Waals surface area contributed by atoms with Gasteiger partial charge in [-0.1, -0.05) is 24.3 Å². The van der Waals surface area contributed by atoms with E-state index in [0.717, 1.165) is 0 Å². The highest BCUT2D eigenvalue weighted by molar-refractivity contribution is 6.01. The van der Waals surface area contributed by atoms with Gasteiger partial charge in [-0.2, -0.15) is 0 Å². The lowest BCUT2D eigenvalue weighted by atomic mass is 9.92. The van der Waals surface area contributed by atoms with E-state index in [1.807, 2.05) is 0 Å². The molecule has 46 heavy (non-hydrogen) atoms. The van der Waals surface area contributed by atoms with Crippen molar-refractivity contribution < 1.29 is 38.3 Å². The average molecular weight is 628 g/mol. The zero-order chi connectivity index (χ0) is 32.6. The summed E-state index contributed by atoms with van der Waals surface area (Å²) in [6.07, 6.45) is 2.29. The molecule has 5 rings (SSSR count). The number of nitro groups is 1. The van der Waals surface area contributed by atoms with Crippen molar-refractivity contribution >= 4 is 29.2 Å². The summed E-state index contributed by atoms with van der Waals surface area (Å²) < 4.78 is 26.6. The van der Waals surface area contributed by atoms with Crippen molar-refractivity contribution in [3.8, 4) is 17.2 Å². The molecule has 0 radical (unpaired) electrons. The Morgan fingerprint density at radius 2 is 1.57 bits per heavy atom. The van der Waals surface area contributed by atoms with Crippen molar-refractivity contribution in [3.63, 3.8) is 0 Å². The number of amides is 2. The fourth-order valence-electron chi connectivity index (χ4n) is 5.12. The van der Waals surface area contributed by atoms with Crippen LogP contribution in [0.25, 0.3) is 0 Å². The number of carboxylic acids is 1. The van der Waals surface area contributed by atoms with Crippen LogP contribution in [0, 0.1) is 15.9 Å². The Hall–Kier alpha value is -5.78. The second-order valence-electron chi connectivity index (χ2n) is 10.8. The van der Waals surface area contributed by atoms with Crippen molar-refractivity contribution in [2.24, 2.45) is 0 Å². The molecule has 11 nitrogen and oxygen atoms in total. The number of ether oxygens (including phenoxy) is 2. The minimum Gasteiger partial charge on any atom is -0.487 e. The molecule has 0 atom stereocenters. The highest BCUT2D eigenvalue weighted by Crippen LogP contribution is 2.30. The summed E-state index contributed by atoms with van der Waals surface area (Å²) in [4.78, 5) is 46.6. The van der Waals surface area contributed by atoms with Gasteiger partial charge >= 0.3 is 5.97 Å². The van der Waals surface area contributed by atoms with Gasteiger partial charge in [-0.15, -0.1) is 0 Å². The summed E-state index contributed by atoms with van der Waals surface area (Å²) in [7, 11) is 0. The fraction of sp³-hybridized carbons (Fsp3) is 0.206. The summed E-state index contributed by atoms with van der Waals surface area (Å²) in [5.74, 6) is -1.61. The monoisotopic (exact) mass is 627 g/mol. The van der Waals surface area contributed by atoms with E-state index in [9.17, 15) is 34.0 Å². The molecule has 0 spiro atoms. The maximum absolute atomic E-state index is 14.9. The number of benzene rings is 4. The number of halogens is 1. The van der Waals surface area contributed by atoms with E-state index in [2.05, 4.69) is 10.6 Å². The van der Waals surface area contributed by atoms with Crippen LogP contribution in [-0.2, 0) is 11.2 Å². The van der Waals surface area contributed by atoms with Crippen molar-refractivity contribution in [1.82, 2.24) is 5.32 Å². The summed E-state index contributed by atoms with van der Waals surface area (Å²) in [6.45, 7) is 0. The molecule has 1 fully saturated rings. The molecule has 1 aliphatic carbocycles. The lowest BCUT2D eigenvalue weighted by Crippen LogP contribution is -2.39. The van der Waals surface area contributed by atoms with Crippen LogP contribution in [0.3, 0.4) is 0 Å². The number of aromatic carboxylic acids is 1. The molecule has 0 aromatic heterocycles. The first-order valence-corrected chi connectivity index (χ1v) is 14.5. The van der Waals surface area contributed by atoms with Gasteiger partial charge in [0, 0.05) is 29.8 Å². The number of rotatable bonds is 11. The number of non-ortho nitro benzene ring substituents is 1. The molecule has 0 aliphatic heterocycles. The van der Waals surface area contributed by atoms with E-state index in [-0.39, 0.29) is 58.8 Å². The smallest absolute Gasteiger partial charge is 0.337 e. The molecule has 1 saturated carbocycles. The van der Waals surface area contributed by atoms with Gasteiger partial charge in [0.05, 0.1) is 28.7 Å². The van der Waals surface area contributed by atoms with Crippen molar-refractivity contribution in [2.75, 3.05) is 5.32 Å². The summed E-state index contributed by atoms with van der Waals surface area (Å²) in [5.41, 5.74) is 1.14. The Kier molecular flexibility index (Phi) is 9.86. The van der Waals surface area contributed by atoms with Gasteiger partial charge in [-0.3, -0.25) is 19.7 Å². The van der Waals surface area contributed by atoms with Gasteiger partial charge in [-0.25, -0.2) is 9.18 Å². The Balaban J connectivity index is 1.08. The first-order chi connectivity index (χ1) is 22.1. The molecule has 3 N–H and O–H groups in total. The second-order valence-corrected chi connectivity index (χ2v) is 10.8. The second kappa shape index (κ2) is 14.3. The maximum Gasteiger partial charge on any atom is 0.337 e. The summed E-state index contributed by atoms with van der Waals surface area (Å²) in [6, 6.07) is 22.5. The molecular weight excluding hydrogens is 597 g/mol. The van der Waals surface area contributed by atoms with Crippen molar-refractivity contribution in [1.29, 1.82) is 0 Å². The number of nitrogens with one attached hydrogen (secondary N) is 2. The summed E-state index contributed by atoms with van der Waals surface area (Å²) in [5, 5.41) is 25.7. The van der Waals surface area contributed by atoms with Crippen LogP contribution in [0.4, 0.5) is 15.8 Å². The van der Waals surface area contributed by atoms with Gasteiger partial charge in [-0.05, 0) is 79.8 Å². The fourth-order valence-corrected chi connectivity index (χ4v) is 5.12. The highest BCUT2D eigenvalue weighted by Gasteiger charge is 2.25. The predicted octanol–water partition coefficient (Wildman–Crippen LogP) is 6.53. The number of hydrogen-bond donors (Lipinski definition) is 3. The van der Waals surface area contributed by atoms with E-state index in [4.69, 9.17) is 9.47 Å². The van der Waals surface area contributed by atoms with Gasteiger partial charge in [0.1, 0.15) is 11.5 Å². The lowest BCUT2D eigenvalue weighted by Gasteiger charge is -2.29. The topological polar surface area (TPSA) is 157 Å². The number of para-hydroxylation sites is 1. The van der Waals surface area contributed by atoms with Crippen LogP contribution < -0.4 is 20.1 Å². The molecule has 0 unspecified atom stereocenters. The third-order valence-electron chi connectivity index (χ3n) is 7.50. The molecule has 2 amide bonds. The Labute approximate surface area is 263 Å². The number of nitrogens with zero attached hydrogens (tertiary/aromatic N) is 1. The van der Waals surface area contributed by atoms with E-state index < -0.39 is 16.7 Å². The van der Waals surface area contributed by atoms with Crippen molar-refractivity contribution in [2.45, 2.75) is 44.2 Å². The number of carboxylic acid groups (broad SMARTS) is 1. The van der Waals surface area contributed by atoms with Crippen LogP contribution in [-0.4, -0.2) is 40.0 Å². The number of hydrogen-bond acceptors (Lipinski definition) is 7. The first-order valence-electron chi connectivity index (χ1n) is 14.5. The number of anilines is 1. The SMILES string of the molecule is O=C(Cc1ccc(Oc2ccc(OC3CCC(NC(=O)c4ccc([N+](=O)[O-])cc4)CC3)c(F)c2)cc1)Nc1ccccc1C(=O)O. The van der Waals surface area contributed by atoms with Crippen LogP contribution >= 0.6 is 0 Å². The summed E-state index contributed by atoms with van der Waals surface area (Å²) >= 11 is 0. The van der Waals surface area contributed by atoms with Gasteiger partial charge in [0.25, 0.3) is 11.6 Å². The maximum atomic E-state index is 14.9. The molecular formula is C34H30FN3O8. The number of carbonyl (C=O) groups excluding carboxylic acids is 2. The first kappa shape index (κ1) is 31.6. The zero-order valence-electron chi connectivity index (χ0n) is 24.5. The zero-order valence-corrected chi connectivity index (χ0v) is 24.5. The molecule has 0 saturated heterocycles. The minimum absolute atomic E-state index is 0.000564. The third kappa shape index (κ3) is 8.23. The van der Waals surface area contributed by atoms with Crippen LogP contribution in [0.2, 0.25) is 0 Å². The molecule has 0 bridgehead atoms. The Morgan fingerprint density at radius 1 is 0.891 bits per heavy atom.